The summed E-state index contributed by atoms with van der Waals surface area (Å²) in [5, 5.41) is 39.7. The molecule has 3 fully saturated rings. The minimum atomic E-state index is -2.03. The minimum Gasteiger partial charge on any atom is -0.447 e. The predicted molar refractivity (Wildman–Crippen MR) is 100 cm³/mol. The van der Waals surface area contributed by atoms with E-state index in [2.05, 4.69) is 6.07 Å². The molecule has 1 aromatic carbocycles. The molecule has 0 aromatic heterocycles. The Morgan fingerprint density at radius 1 is 1.04 bits per heavy atom. The van der Waals surface area contributed by atoms with Gasteiger partial charge in [0.1, 0.15) is 6.10 Å². The molecular weight excluding hydrogens is 399 g/mol. The number of nitriles is 3. The first-order chi connectivity index (χ1) is 13.4. The van der Waals surface area contributed by atoms with Crippen molar-refractivity contribution in [3.63, 3.8) is 0 Å². The van der Waals surface area contributed by atoms with Crippen molar-refractivity contribution >= 4 is 29.1 Å². The molecule has 2 bridgehead atoms. The van der Waals surface area contributed by atoms with Gasteiger partial charge in [-0.25, -0.2) is 0 Å². The molecule has 3 aliphatic rings. The molecule has 2 aliphatic heterocycles. The normalized spacial score (nSPS) is 35.5. The van der Waals surface area contributed by atoms with E-state index in [1.165, 1.54) is 0 Å². The average molecular weight is 415 g/mol. The van der Waals surface area contributed by atoms with Crippen LogP contribution < -0.4 is 0 Å². The number of nitrogens with zero attached hydrogens (tertiary/aromatic N) is 3. The Bertz CT molecular complexity index is 957. The Balaban J connectivity index is 2.05. The summed E-state index contributed by atoms with van der Waals surface area (Å²) in [5.41, 5.74) is -3.51. The van der Waals surface area contributed by atoms with Gasteiger partial charge >= 0.3 is 0 Å². The average Bonchev–Trinajstić information content (AvgIpc) is 2.81. The standard InChI is InChI=1S/C20H16Cl2N4O2/c21-12-5-4-6-13(22)15(12)16-18(9-23,10-24)19(11-25)14-7-2-1-3-8-20(14,27-16)28-17(19)26/h4-6,14,16,26H,1-3,7-8H2. The molecule has 1 aliphatic carbocycles. The van der Waals surface area contributed by atoms with Crippen molar-refractivity contribution < 1.29 is 9.47 Å². The third-order valence-corrected chi connectivity index (χ3v) is 6.99. The van der Waals surface area contributed by atoms with Crippen LogP contribution >= 0.6 is 23.2 Å². The summed E-state index contributed by atoms with van der Waals surface area (Å²) >= 11 is 12.8. The molecule has 4 atom stereocenters. The molecule has 8 heteroatoms. The summed E-state index contributed by atoms with van der Waals surface area (Å²) in [6, 6.07) is 11.0. The Morgan fingerprint density at radius 2 is 1.71 bits per heavy atom. The second kappa shape index (κ2) is 6.36. The highest BCUT2D eigenvalue weighted by Crippen LogP contribution is 2.69. The first-order valence-corrected chi connectivity index (χ1v) is 9.81. The van der Waals surface area contributed by atoms with Crippen molar-refractivity contribution in [3.05, 3.63) is 33.8 Å². The van der Waals surface area contributed by atoms with Crippen LogP contribution in [-0.4, -0.2) is 11.7 Å². The van der Waals surface area contributed by atoms with Gasteiger partial charge in [-0.3, -0.25) is 5.41 Å². The SMILES string of the molecule is N#CC1(C#N)C(c2c(Cl)cccc2Cl)OC23CCCCCC2C1(C#N)C(=N)O3. The van der Waals surface area contributed by atoms with Crippen LogP contribution in [0.25, 0.3) is 0 Å². The molecule has 4 unspecified atom stereocenters. The Morgan fingerprint density at radius 3 is 2.32 bits per heavy atom. The highest BCUT2D eigenvalue weighted by atomic mass is 35.5. The summed E-state index contributed by atoms with van der Waals surface area (Å²) in [6.45, 7) is 0. The van der Waals surface area contributed by atoms with E-state index in [-0.39, 0.29) is 21.5 Å². The van der Waals surface area contributed by atoms with Crippen molar-refractivity contribution in [3.8, 4) is 18.2 Å². The fourth-order valence-corrected chi connectivity index (χ4v) is 5.65. The van der Waals surface area contributed by atoms with Gasteiger partial charge in [-0.15, -0.1) is 0 Å². The van der Waals surface area contributed by atoms with Crippen LogP contribution in [0.1, 0.15) is 43.8 Å². The van der Waals surface area contributed by atoms with Crippen molar-refractivity contribution in [2.24, 2.45) is 16.7 Å². The number of hydrogen-bond acceptors (Lipinski definition) is 6. The zero-order valence-corrected chi connectivity index (χ0v) is 16.3. The third-order valence-electron chi connectivity index (χ3n) is 6.33. The summed E-state index contributed by atoms with van der Waals surface area (Å²) in [4.78, 5) is 0. The summed E-state index contributed by atoms with van der Waals surface area (Å²) < 4.78 is 12.3. The molecule has 1 N–H and O–H groups in total. The molecule has 0 radical (unpaired) electrons. The molecule has 1 saturated carbocycles. The molecule has 142 valence electrons. The van der Waals surface area contributed by atoms with Crippen LogP contribution in [0.5, 0.6) is 0 Å². The zero-order chi connectivity index (χ0) is 20.2. The van der Waals surface area contributed by atoms with Gasteiger partial charge in [0.05, 0.1) is 24.1 Å². The third kappa shape index (κ3) is 2.08. The molecule has 2 heterocycles. The zero-order valence-electron chi connectivity index (χ0n) is 14.8. The lowest BCUT2D eigenvalue weighted by Gasteiger charge is -2.49. The van der Waals surface area contributed by atoms with Crippen LogP contribution in [0, 0.1) is 56.2 Å². The molecule has 0 spiro atoms. The summed E-state index contributed by atoms with van der Waals surface area (Å²) in [7, 11) is 0. The molecule has 1 aromatic rings. The number of ether oxygens (including phenoxy) is 2. The van der Waals surface area contributed by atoms with Gasteiger partial charge < -0.3 is 9.47 Å². The van der Waals surface area contributed by atoms with Gasteiger partial charge in [0, 0.05) is 22.0 Å². The molecule has 2 saturated heterocycles. The molecule has 0 amide bonds. The highest BCUT2D eigenvalue weighted by molar-refractivity contribution is 6.36. The fourth-order valence-electron chi connectivity index (χ4n) is 5.06. The van der Waals surface area contributed by atoms with E-state index >= 15 is 0 Å². The maximum atomic E-state index is 10.3. The van der Waals surface area contributed by atoms with E-state index in [0.29, 0.717) is 12.8 Å². The van der Waals surface area contributed by atoms with E-state index in [9.17, 15) is 15.8 Å². The highest BCUT2D eigenvalue weighted by Gasteiger charge is 2.80. The maximum Gasteiger partial charge on any atom is 0.217 e. The van der Waals surface area contributed by atoms with E-state index in [0.717, 1.165) is 19.3 Å². The molecular formula is C20H16Cl2N4O2. The van der Waals surface area contributed by atoms with Crippen molar-refractivity contribution in [2.75, 3.05) is 0 Å². The molecule has 28 heavy (non-hydrogen) atoms. The van der Waals surface area contributed by atoms with Crippen molar-refractivity contribution in [2.45, 2.75) is 44.0 Å². The maximum absolute atomic E-state index is 10.3. The van der Waals surface area contributed by atoms with Crippen molar-refractivity contribution in [1.82, 2.24) is 0 Å². The van der Waals surface area contributed by atoms with Gasteiger partial charge in [0.25, 0.3) is 0 Å². The number of benzene rings is 1. The predicted octanol–water partition coefficient (Wildman–Crippen LogP) is 4.89. The topological polar surface area (TPSA) is 114 Å². The van der Waals surface area contributed by atoms with Crippen LogP contribution in [0.4, 0.5) is 0 Å². The van der Waals surface area contributed by atoms with Gasteiger partial charge in [0.15, 0.2) is 5.41 Å². The lowest BCUT2D eigenvalue weighted by molar-refractivity contribution is -0.284. The van der Waals surface area contributed by atoms with Gasteiger partial charge in [0.2, 0.25) is 17.1 Å². The monoisotopic (exact) mass is 414 g/mol. The van der Waals surface area contributed by atoms with E-state index in [4.69, 9.17) is 38.1 Å². The number of nitrogens with one attached hydrogen (secondary N) is 1. The van der Waals surface area contributed by atoms with Crippen LogP contribution in [0.15, 0.2) is 18.2 Å². The van der Waals surface area contributed by atoms with Gasteiger partial charge in [-0.1, -0.05) is 42.1 Å². The lowest BCUT2D eigenvalue weighted by atomic mass is 9.52. The van der Waals surface area contributed by atoms with Gasteiger partial charge in [-0.2, -0.15) is 15.8 Å². The number of hydrogen-bond donors (Lipinski definition) is 1. The largest absolute Gasteiger partial charge is 0.447 e. The number of halogens is 2. The number of rotatable bonds is 1. The van der Waals surface area contributed by atoms with Crippen LogP contribution in [0.2, 0.25) is 10.0 Å². The summed E-state index contributed by atoms with van der Waals surface area (Å²) in [6.07, 6.45) is 2.30. The Kier molecular flexibility index (Phi) is 4.32. The quantitative estimate of drug-likeness (QED) is 0.701. The lowest BCUT2D eigenvalue weighted by Crippen LogP contribution is -2.59. The van der Waals surface area contributed by atoms with E-state index < -0.39 is 28.6 Å². The first-order valence-electron chi connectivity index (χ1n) is 9.06. The van der Waals surface area contributed by atoms with Crippen LogP contribution in [-0.2, 0) is 9.47 Å². The molecule has 4 rings (SSSR count). The summed E-state index contributed by atoms with van der Waals surface area (Å²) in [5.74, 6) is -2.21. The Hall–Kier alpha value is -2.30. The second-order valence-corrected chi connectivity index (χ2v) is 8.29. The first kappa shape index (κ1) is 19.0. The smallest absolute Gasteiger partial charge is 0.217 e. The van der Waals surface area contributed by atoms with Crippen LogP contribution in [0.3, 0.4) is 0 Å². The van der Waals surface area contributed by atoms with E-state index in [1.54, 1.807) is 18.2 Å². The van der Waals surface area contributed by atoms with Crippen molar-refractivity contribution in [1.29, 1.82) is 21.2 Å². The van der Waals surface area contributed by atoms with E-state index in [1.807, 2.05) is 12.1 Å². The Labute approximate surface area is 172 Å². The second-order valence-electron chi connectivity index (χ2n) is 7.48. The molecule has 6 nitrogen and oxygen atoms in total. The minimum absolute atomic E-state index is 0.231. The van der Waals surface area contributed by atoms with Gasteiger partial charge in [-0.05, 0) is 25.0 Å². The fraction of sp³-hybridized carbons (Fsp3) is 0.500.